The Hall–Kier alpha value is -1.16. The van der Waals surface area contributed by atoms with Crippen molar-refractivity contribution in [2.75, 3.05) is 18.0 Å². The molecule has 0 radical (unpaired) electrons. The predicted molar refractivity (Wildman–Crippen MR) is 73.0 cm³/mol. The van der Waals surface area contributed by atoms with E-state index in [0.29, 0.717) is 4.99 Å². The largest absolute Gasteiger partial charge is 0.389 e. The molecule has 3 nitrogen and oxygen atoms in total. The van der Waals surface area contributed by atoms with Crippen LogP contribution in [0.2, 0.25) is 0 Å². The molecule has 88 valence electrons. The van der Waals surface area contributed by atoms with Crippen LogP contribution in [0.15, 0.2) is 12.1 Å². The quantitative estimate of drug-likeness (QED) is 0.798. The highest BCUT2D eigenvalue weighted by molar-refractivity contribution is 7.80. The summed E-state index contributed by atoms with van der Waals surface area (Å²) in [7, 11) is 0. The van der Waals surface area contributed by atoms with Gasteiger partial charge >= 0.3 is 0 Å². The fraction of sp³-hybridized carbons (Fsp3) is 0.500. The Balaban J connectivity index is 3.16. The van der Waals surface area contributed by atoms with Gasteiger partial charge in [0.15, 0.2) is 0 Å². The van der Waals surface area contributed by atoms with E-state index in [0.717, 1.165) is 36.6 Å². The molecular formula is C12H19N3S. The van der Waals surface area contributed by atoms with Crippen molar-refractivity contribution in [1.82, 2.24) is 4.98 Å². The molecule has 0 unspecified atom stereocenters. The third-order valence-corrected chi connectivity index (χ3v) is 2.67. The van der Waals surface area contributed by atoms with Crippen molar-refractivity contribution in [2.45, 2.75) is 27.2 Å². The number of anilines is 1. The van der Waals surface area contributed by atoms with Gasteiger partial charge in [-0.15, -0.1) is 0 Å². The van der Waals surface area contributed by atoms with E-state index in [2.05, 4.69) is 23.7 Å². The Bertz CT molecular complexity index is 377. The lowest BCUT2D eigenvalue weighted by atomic mass is 10.2. The summed E-state index contributed by atoms with van der Waals surface area (Å²) >= 11 is 5.06. The molecule has 0 atom stereocenters. The van der Waals surface area contributed by atoms with Crippen LogP contribution in [0.5, 0.6) is 0 Å². The average Bonchev–Trinajstić information content (AvgIpc) is 2.25. The smallest absolute Gasteiger partial charge is 0.139 e. The minimum atomic E-state index is 0.414. The summed E-state index contributed by atoms with van der Waals surface area (Å²) < 4.78 is 0. The van der Waals surface area contributed by atoms with E-state index in [1.54, 1.807) is 0 Å². The van der Waals surface area contributed by atoms with Gasteiger partial charge in [-0.2, -0.15) is 0 Å². The van der Waals surface area contributed by atoms with Crippen LogP contribution < -0.4 is 10.6 Å². The number of nitrogens with two attached hydrogens (primary N) is 1. The van der Waals surface area contributed by atoms with Gasteiger partial charge in [0.25, 0.3) is 0 Å². The van der Waals surface area contributed by atoms with Gasteiger partial charge in [0.2, 0.25) is 0 Å². The van der Waals surface area contributed by atoms with Gasteiger partial charge in [0.05, 0.1) is 5.56 Å². The molecule has 0 aliphatic carbocycles. The summed E-state index contributed by atoms with van der Waals surface area (Å²) in [6.07, 6.45) is 1.08. The number of thiocarbonyl (C=S) groups is 1. The molecule has 1 rings (SSSR count). The lowest BCUT2D eigenvalue weighted by Gasteiger charge is -2.23. The normalized spacial score (nSPS) is 10.2. The Morgan fingerprint density at radius 1 is 1.44 bits per heavy atom. The van der Waals surface area contributed by atoms with E-state index >= 15 is 0 Å². The zero-order valence-electron chi connectivity index (χ0n) is 10.2. The summed E-state index contributed by atoms with van der Waals surface area (Å²) in [4.78, 5) is 7.17. The lowest BCUT2D eigenvalue weighted by molar-refractivity contribution is 0.776. The van der Waals surface area contributed by atoms with E-state index in [9.17, 15) is 0 Å². The lowest BCUT2D eigenvalue weighted by Crippen LogP contribution is -2.28. The fourth-order valence-electron chi connectivity index (χ4n) is 1.66. The van der Waals surface area contributed by atoms with Crippen molar-refractivity contribution in [3.8, 4) is 0 Å². The first-order chi connectivity index (χ1) is 7.60. The van der Waals surface area contributed by atoms with Gasteiger partial charge in [0, 0.05) is 18.8 Å². The van der Waals surface area contributed by atoms with E-state index in [4.69, 9.17) is 18.0 Å². The molecule has 0 fully saturated rings. The second kappa shape index (κ2) is 5.80. The van der Waals surface area contributed by atoms with Gasteiger partial charge < -0.3 is 10.6 Å². The Kier molecular flexibility index (Phi) is 4.68. The number of hydrogen-bond acceptors (Lipinski definition) is 3. The SMILES string of the molecule is CCCN(CC)c1nc(C)ccc1C(N)=S. The maximum Gasteiger partial charge on any atom is 0.139 e. The van der Waals surface area contributed by atoms with Crippen LogP contribution in [0.1, 0.15) is 31.5 Å². The highest BCUT2D eigenvalue weighted by atomic mass is 32.1. The fourth-order valence-corrected chi connectivity index (χ4v) is 1.82. The summed E-state index contributed by atoms with van der Waals surface area (Å²) in [5, 5.41) is 0. The number of nitrogens with zero attached hydrogens (tertiary/aromatic N) is 2. The molecule has 0 aliphatic rings. The topological polar surface area (TPSA) is 42.2 Å². The second-order valence-corrected chi connectivity index (χ2v) is 4.21. The summed E-state index contributed by atoms with van der Waals surface area (Å²) in [5.74, 6) is 0.914. The van der Waals surface area contributed by atoms with E-state index in [1.807, 2.05) is 19.1 Å². The third-order valence-electron chi connectivity index (χ3n) is 2.45. The molecule has 0 aromatic carbocycles. The minimum Gasteiger partial charge on any atom is -0.389 e. The first-order valence-electron chi connectivity index (χ1n) is 5.62. The number of aryl methyl sites for hydroxylation is 1. The van der Waals surface area contributed by atoms with Crippen molar-refractivity contribution in [3.63, 3.8) is 0 Å². The first kappa shape index (κ1) is 12.9. The monoisotopic (exact) mass is 237 g/mol. The zero-order valence-corrected chi connectivity index (χ0v) is 11.0. The van der Waals surface area contributed by atoms with Gasteiger partial charge in [-0.25, -0.2) is 4.98 Å². The van der Waals surface area contributed by atoms with Gasteiger partial charge in [-0.05, 0) is 32.4 Å². The van der Waals surface area contributed by atoms with Gasteiger partial charge in [-0.1, -0.05) is 19.1 Å². The predicted octanol–water partition coefficient (Wildman–Crippen LogP) is 2.26. The molecular weight excluding hydrogens is 218 g/mol. The molecule has 0 spiro atoms. The van der Waals surface area contributed by atoms with Gasteiger partial charge in [-0.3, -0.25) is 0 Å². The first-order valence-corrected chi connectivity index (χ1v) is 6.03. The maximum atomic E-state index is 5.72. The van der Waals surface area contributed by atoms with E-state index < -0.39 is 0 Å². The van der Waals surface area contributed by atoms with Crippen molar-refractivity contribution in [1.29, 1.82) is 0 Å². The highest BCUT2D eigenvalue weighted by Crippen LogP contribution is 2.18. The molecule has 16 heavy (non-hydrogen) atoms. The molecule has 0 aliphatic heterocycles. The molecule has 0 bridgehead atoms. The van der Waals surface area contributed by atoms with Gasteiger partial charge in [0.1, 0.15) is 10.8 Å². The molecule has 0 amide bonds. The average molecular weight is 237 g/mol. The minimum absolute atomic E-state index is 0.414. The maximum absolute atomic E-state index is 5.72. The number of rotatable bonds is 5. The Labute approximate surface area is 103 Å². The summed E-state index contributed by atoms with van der Waals surface area (Å²) in [6, 6.07) is 3.90. The standard InChI is InChI=1S/C12H19N3S/c1-4-8-15(5-2)12-10(11(13)16)7-6-9(3)14-12/h6-7H,4-5,8H2,1-3H3,(H2,13,16). The highest BCUT2D eigenvalue weighted by Gasteiger charge is 2.12. The number of hydrogen-bond donors (Lipinski definition) is 1. The number of pyridine rings is 1. The van der Waals surface area contributed by atoms with Crippen LogP contribution in [0, 0.1) is 6.92 Å². The van der Waals surface area contributed by atoms with Crippen molar-refractivity contribution < 1.29 is 0 Å². The molecule has 1 aromatic heterocycles. The van der Waals surface area contributed by atoms with Crippen LogP contribution in [0.4, 0.5) is 5.82 Å². The Morgan fingerprint density at radius 3 is 2.62 bits per heavy atom. The van der Waals surface area contributed by atoms with E-state index in [1.165, 1.54) is 0 Å². The van der Waals surface area contributed by atoms with Crippen LogP contribution in [-0.2, 0) is 0 Å². The molecule has 2 N–H and O–H groups in total. The van der Waals surface area contributed by atoms with Crippen molar-refractivity contribution in [3.05, 3.63) is 23.4 Å². The third kappa shape index (κ3) is 2.92. The Morgan fingerprint density at radius 2 is 2.12 bits per heavy atom. The van der Waals surface area contributed by atoms with E-state index in [-0.39, 0.29) is 0 Å². The summed E-state index contributed by atoms with van der Waals surface area (Å²) in [6.45, 7) is 8.14. The second-order valence-electron chi connectivity index (χ2n) is 3.77. The molecule has 1 heterocycles. The van der Waals surface area contributed by atoms with Crippen LogP contribution in [0.25, 0.3) is 0 Å². The molecule has 0 saturated carbocycles. The van der Waals surface area contributed by atoms with Crippen molar-refractivity contribution >= 4 is 23.0 Å². The molecule has 0 saturated heterocycles. The summed E-state index contributed by atoms with van der Waals surface area (Å²) in [5.41, 5.74) is 7.58. The molecule has 4 heteroatoms. The van der Waals surface area contributed by atoms with Crippen LogP contribution in [0.3, 0.4) is 0 Å². The van der Waals surface area contributed by atoms with Crippen LogP contribution in [-0.4, -0.2) is 23.1 Å². The van der Waals surface area contributed by atoms with Crippen molar-refractivity contribution in [2.24, 2.45) is 5.73 Å². The van der Waals surface area contributed by atoms with Crippen LogP contribution >= 0.6 is 12.2 Å². The number of aromatic nitrogens is 1. The zero-order chi connectivity index (χ0) is 12.1. The molecule has 1 aromatic rings.